The predicted octanol–water partition coefficient (Wildman–Crippen LogP) is 2.81. The van der Waals surface area contributed by atoms with Crippen LogP contribution in [-0.4, -0.2) is 48.2 Å². The maximum Gasteiger partial charge on any atom is 0.224 e. The molecule has 9 nitrogen and oxygen atoms in total. The molecule has 1 aliphatic rings. The first-order chi connectivity index (χ1) is 15.5. The van der Waals surface area contributed by atoms with Crippen molar-refractivity contribution in [3.8, 4) is 0 Å². The molecule has 1 aromatic heterocycles. The summed E-state index contributed by atoms with van der Waals surface area (Å²) in [6.45, 7) is 3.93. The number of carbonyl (C=O) groups is 2. The zero-order chi connectivity index (χ0) is 22.9. The van der Waals surface area contributed by atoms with Gasteiger partial charge in [0.2, 0.25) is 11.8 Å². The van der Waals surface area contributed by atoms with E-state index in [-0.39, 0.29) is 42.5 Å². The quantitative estimate of drug-likeness (QED) is 0.171. The lowest BCUT2D eigenvalue weighted by Gasteiger charge is -2.31. The third-order valence-corrected chi connectivity index (χ3v) is 6.42. The highest BCUT2D eigenvalue weighted by atomic mass is 35.5. The number of nitrogens with one attached hydrogen (secondary N) is 3. The van der Waals surface area contributed by atoms with Crippen LogP contribution in [0.25, 0.3) is 0 Å². The Morgan fingerprint density at radius 2 is 2.00 bits per heavy atom. The fourth-order valence-corrected chi connectivity index (χ4v) is 4.95. The number of hydrogen-bond acceptors (Lipinski definition) is 7. The van der Waals surface area contributed by atoms with Crippen LogP contribution in [0.1, 0.15) is 35.9 Å². The summed E-state index contributed by atoms with van der Waals surface area (Å²) in [4.78, 5) is 35.9. The lowest BCUT2D eigenvalue weighted by atomic mass is 9.97. The monoisotopic (exact) mass is 529 g/mol. The molecule has 1 aliphatic heterocycles. The van der Waals surface area contributed by atoms with Gasteiger partial charge in [0.15, 0.2) is 5.13 Å². The zero-order valence-corrected chi connectivity index (χ0v) is 21.8. The van der Waals surface area contributed by atoms with Gasteiger partial charge in [0, 0.05) is 31.9 Å². The molecular weight excluding hydrogens is 497 g/mol. The minimum Gasteiger partial charge on any atom is -0.359 e. The summed E-state index contributed by atoms with van der Waals surface area (Å²) >= 11 is 1.52. The molecule has 2 aromatic rings. The molecular formula is C22H33Cl2N7O2S. The molecule has 0 saturated carbocycles. The molecule has 1 atom stereocenters. The van der Waals surface area contributed by atoms with Gasteiger partial charge in [-0.2, -0.15) is 0 Å². The summed E-state index contributed by atoms with van der Waals surface area (Å²) in [5.74, 6) is 5.21. The van der Waals surface area contributed by atoms with Crippen molar-refractivity contribution < 1.29 is 9.59 Å². The number of nitrogens with zero attached hydrogens (tertiary/aromatic N) is 3. The second-order valence-corrected chi connectivity index (χ2v) is 8.93. The number of thiazole rings is 1. The highest BCUT2D eigenvalue weighted by molar-refractivity contribution is 7.15. The molecule has 0 radical (unpaired) electrons. The number of aryl methyl sites for hydroxylation is 2. The van der Waals surface area contributed by atoms with Crippen LogP contribution in [0.2, 0.25) is 0 Å². The van der Waals surface area contributed by atoms with Crippen LogP contribution in [0.15, 0.2) is 29.3 Å². The second kappa shape index (κ2) is 14.9. The van der Waals surface area contributed by atoms with Crippen LogP contribution >= 0.6 is 36.2 Å². The lowest BCUT2D eigenvalue weighted by Crippen LogP contribution is -2.41. The molecule has 1 saturated heterocycles. The van der Waals surface area contributed by atoms with Crippen LogP contribution in [0.3, 0.4) is 0 Å². The standard InChI is InChI=1S/C22H31N7O2S.2ClH/c1-15(30)27-22-28-19(10-7-16-5-8-18(9-6-16)25-14-26-23)20(32-22)13-29-11-3-4-17(12-29)21(31)24-2;;/h5-6,8-9,14,17H,3-4,7,10-13,23H2,1-2H3,(H,24,31)(H,25,26)(H,27,28,30);2*1H/t17-;;/m1../s1. The van der Waals surface area contributed by atoms with Gasteiger partial charge < -0.3 is 16.1 Å². The number of hydrogen-bond donors (Lipinski definition) is 4. The number of piperidine rings is 1. The van der Waals surface area contributed by atoms with Crippen molar-refractivity contribution >= 4 is 65.1 Å². The number of amides is 2. The van der Waals surface area contributed by atoms with Crippen molar-refractivity contribution in [1.82, 2.24) is 20.6 Å². The maximum atomic E-state index is 12.1. The van der Waals surface area contributed by atoms with Gasteiger partial charge in [0.25, 0.3) is 0 Å². The highest BCUT2D eigenvalue weighted by Gasteiger charge is 2.26. The van der Waals surface area contributed by atoms with Crippen LogP contribution in [0.4, 0.5) is 10.8 Å². The third kappa shape index (κ3) is 8.84. The Morgan fingerprint density at radius 3 is 2.65 bits per heavy atom. The molecule has 1 fully saturated rings. The molecule has 0 spiro atoms. The Morgan fingerprint density at radius 1 is 1.26 bits per heavy atom. The van der Waals surface area contributed by atoms with Crippen molar-refractivity contribution in [3.05, 3.63) is 40.4 Å². The molecule has 188 valence electrons. The SMILES string of the molecule is CNC(=O)[C@@H]1CCCN(Cc2sc(NC(C)=O)nc2CCc2ccc(N=CNN)cc2)C1.Cl.Cl. The average molecular weight is 531 g/mol. The summed E-state index contributed by atoms with van der Waals surface area (Å²) in [6.07, 6.45) is 4.96. The van der Waals surface area contributed by atoms with Crippen LogP contribution < -0.4 is 21.9 Å². The first-order valence-electron chi connectivity index (χ1n) is 10.8. The summed E-state index contributed by atoms with van der Waals surface area (Å²) < 4.78 is 0. The minimum absolute atomic E-state index is 0. The van der Waals surface area contributed by atoms with E-state index in [1.807, 2.05) is 24.3 Å². The summed E-state index contributed by atoms with van der Waals surface area (Å²) in [5.41, 5.74) is 5.39. The molecule has 34 heavy (non-hydrogen) atoms. The first-order valence-corrected chi connectivity index (χ1v) is 11.6. The molecule has 0 aliphatic carbocycles. The van der Waals surface area contributed by atoms with E-state index in [9.17, 15) is 9.59 Å². The van der Waals surface area contributed by atoms with Gasteiger partial charge in [0.05, 0.1) is 17.3 Å². The average Bonchev–Trinajstić information content (AvgIpc) is 3.16. The number of nitrogens with two attached hydrogens (primary N) is 1. The molecule has 3 rings (SSSR count). The molecule has 1 aromatic carbocycles. The first kappa shape index (κ1) is 29.8. The molecule has 2 heterocycles. The van der Waals surface area contributed by atoms with E-state index < -0.39 is 0 Å². The number of benzene rings is 1. The van der Waals surface area contributed by atoms with E-state index >= 15 is 0 Å². The Hall–Kier alpha value is -2.24. The van der Waals surface area contributed by atoms with Crippen molar-refractivity contribution in [1.29, 1.82) is 0 Å². The number of aromatic nitrogens is 1. The number of likely N-dealkylation sites (tertiary alicyclic amines) is 1. The van der Waals surface area contributed by atoms with Crippen LogP contribution in [0, 0.1) is 5.92 Å². The molecule has 0 unspecified atom stereocenters. The van der Waals surface area contributed by atoms with E-state index in [4.69, 9.17) is 10.8 Å². The Balaban J connectivity index is 0.00000289. The van der Waals surface area contributed by atoms with Crippen molar-refractivity contribution in [2.75, 3.05) is 25.5 Å². The Labute approximate surface area is 216 Å². The van der Waals surface area contributed by atoms with E-state index in [0.717, 1.165) is 61.6 Å². The van der Waals surface area contributed by atoms with Gasteiger partial charge in [-0.25, -0.2) is 15.8 Å². The predicted molar refractivity (Wildman–Crippen MR) is 142 cm³/mol. The van der Waals surface area contributed by atoms with Gasteiger partial charge >= 0.3 is 0 Å². The molecule has 2 amide bonds. The van der Waals surface area contributed by atoms with E-state index in [2.05, 4.69) is 26.0 Å². The second-order valence-electron chi connectivity index (χ2n) is 7.85. The maximum absolute atomic E-state index is 12.1. The fraction of sp³-hybridized carbons (Fsp3) is 0.455. The number of rotatable bonds is 9. The van der Waals surface area contributed by atoms with Crippen LogP contribution in [-0.2, 0) is 29.0 Å². The minimum atomic E-state index is -0.127. The summed E-state index contributed by atoms with van der Waals surface area (Å²) in [6, 6.07) is 7.98. The van der Waals surface area contributed by atoms with Gasteiger partial charge in [-0.05, 0) is 49.9 Å². The van der Waals surface area contributed by atoms with Gasteiger partial charge in [-0.15, -0.1) is 36.2 Å². The normalized spacial score (nSPS) is 15.8. The number of aliphatic imine (C=N–C) groups is 1. The summed E-state index contributed by atoms with van der Waals surface area (Å²) in [7, 11) is 1.69. The molecule has 5 N–H and O–H groups in total. The number of halogens is 2. The van der Waals surface area contributed by atoms with Gasteiger partial charge in [0.1, 0.15) is 6.34 Å². The Kier molecular flexibility index (Phi) is 13.1. The highest BCUT2D eigenvalue weighted by Crippen LogP contribution is 2.28. The van der Waals surface area contributed by atoms with Gasteiger partial charge in [-0.3, -0.25) is 14.5 Å². The summed E-state index contributed by atoms with van der Waals surface area (Å²) in [5, 5.41) is 6.21. The van der Waals surface area contributed by atoms with E-state index in [0.29, 0.717) is 5.13 Å². The number of hydrazine groups is 1. The number of carbonyl (C=O) groups excluding carboxylic acids is 2. The van der Waals surface area contributed by atoms with Crippen molar-refractivity contribution in [2.24, 2.45) is 16.8 Å². The van der Waals surface area contributed by atoms with E-state index in [1.165, 1.54) is 30.2 Å². The fourth-order valence-electron chi connectivity index (χ4n) is 3.85. The van der Waals surface area contributed by atoms with Gasteiger partial charge in [-0.1, -0.05) is 12.1 Å². The third-order valence-electron chi connectivity index (χ3n) is 5.43. The lowest BCUT2D eigenvalue weighted by molar-refractivity contribution is -0.126. The van der Waals surface area contributed by atoms with Crippen molar-refractivity contribution in [2.45, 2.75) is 39.2 Å². The van der Waals surface area contributed by atoms with Crippen LogP contribution in [0.5, 0.6) is 0 Å². The molecule has 12 heteroatoms. The topological polar surface area (TPSA) is 125 Å². The largest absolute Gasteiger partial charge is 0.359 e. The van der Waals surface area contributed by atoms with Crippen molar-refractivity contribution in [3.63, 3.8) is 0 Å². The smallest absolute Gasteiger partial charge is 0.224 e. The van der Waals surface area contributed by atoms with E-state index in [1.54, 1.807) is 7.05 Å². The Bertz CT molecular complexity index is 953. The molecule has 0 bridgehead atoms. The zero-order valence-electron chi connectivity index (χ0n) is 19.4. The number of anilines is 1.